The minimum absolute atomic E-state index is 0.840. The first kappa shape index (κ1) is 12.2. The molecule has 0 saturated carbocycles. The van der Waals surface area contributed by atoms with E-state index >= 15 is 0 Å². The van der Waals surface area contributed by atoms with E-state index in [9.17, 15) is 0 Å². The number of benzene rings is 2. The third-order valence-electron chi connectivity index (χ3n) is 3.42. The summed E-state index contributed by atoms with van der Waals surface area (Å²) in [5.41, 5.74) is 4.10. The largest absolute Gasteiger partial charge is 0.443 e. The minimum atomic E-state index is -1.23. The lowest BCUT2D eigenvalue weighted by Gasteiger charge is -2.16. The highest BCUT2D eigenvalue weighted by Crippen LogP contribution is 2.27. The van der Waals surface area contributed by atoms with Gasteiger partial charge >= 0.3 is 0 Å². The Kier molecular flexibility index (Phi) is 2.79. The summed E-state index contributed by atoms with van der Waals surface area (Å²) in [5, 5.41) is 1.48. The Hall–Kier alpha value is -1.87. The van der Waals surface area contributed by atoms with E-state index < -0.39 is 8.07 Å². The number of fused-ring (bicyclic) bond motifs is 1. The molecule has 0 aliphatic rings. The van der Waals surface area contributed by atoms with Crippen LogP contribution in [-0.2, 0) is 0 Å². The van der Waals surface area contributed by atoms with Crippen molar-refractivity contribution < 1.29 is 4.42 Å². The number of aromatic nitrogens is 1. The molecular formula is C16H17NOSi. The van der Waals surface area contributed by atoms with Gasteiger partial charge < -0.3 is 4.42 Å². The molecule has 0 aliphatic carbocycles. The highest BCUT2D eigenvalue weighted by atomic mass is 28.3. The lowest BCUT2D eigenvalue weighted by molar-refractivity contribution is 0.602. The minimum Gasteiger partial charge on any atom is -0.443 e. The molecule has 1 heterocycles. The van der Waals surface area contributed by atoms with Gasteiger partial charge in [0.2, 0.25) is 0 Å². The van der Waals surface area contributed by atoms with Gasteiger partial charge in [0.15, 0.2) is 12.0 Å². The van der Waals surface area contributed by atoms with E-state index in [1.54, 1.807) is 0 Å². The average molecular weight is 267 g/mol. The number of nitrogens with zero attached hydrogens (tertiary/aromatic N) is 1. The van der Waals surface area contributed by atoms with Crippen molar-refractivity contribution in [2.75, 3.05) is 0 Å². The van der Waals surface area contributed by atoms with Gasteiger partial charge in [0, 0.05) is 5.56 Å². The van der Waals surface area contributed by atoms with Crippen molar-refractivity contribution in [3.05, 3.63) is 48.9 Å². The Bertz CT molecular complexity index is 707. The summed E-state index contributed by atoms with van der Waals surface area (Å²) in [7, 11) is -1.23. The van der Waals surface area contributed by atoms with Gasteiger partial charge in [-0.15, -0.1) is 0 Å². The van der Waals surface area contributed by atoms with Crippen LogP contribution in [0.5, 0.6) is 0 Å². The van der Waals surface area contributed by atoms with Crippen LogP contribution in [0.3, 0.4) is 0 Å². The fourth-order valence-corrected chi connectivity index (χ4v) is 3.44. The molecule has 0 bridgehead atoms. The summed E-state index contributed by atoms with van der Waals surface area (Å²) in [4.78, 5) is 4.31. The van der Waals surface area contributed by atoms with Crippen LogP contribution >= 0.6 is 0 Å². The number of hydrogen-bond donors (Lipinski definition) is 0. The molecule has 0 amide bonds. The molecule has 0 saturated heterocycles. The summed E-state index contributed by atoms with van der Waals surface area (Å²) in [6.45, 7) is 7.08. The fourth-order valence-electron chi connectivity index (χ4n) is 2.27. The van der Waals surface area contributed by atoms with Gasteiger partial charge in [-0.25, -0.2) is 4.98 Å². The van der Waals surface area contributed by atoms with E-state index in [2.05, 4.69) is 55.0 Å². The molecule has 3 heteroatoms. The van der Waals surface area contributed by atoms with Gasteiger partial charge in [-0.1, -0.05) is 61.2 Å². The molecule has 0 unspecified atom stereocenters. The van der Waals surface area contributed by atoms with Crippen LogP contribution in [0.15, 0.2) is 53.3 Å². The smallest absolute Gasteiger partial charge is 0.182 e. The molecule has 3 rings (SSSR count). The molecule has 0 spiro atoms. The summed E-state index contributed by atoms with van der Waals surface area (Å²) in [5.74, 6) is 0. The maximum atomic E-state index is 5.35. The first-order valence-electron chi connectivity index (χ1n) is 6.49. The standard InChI is InChI=1S/C16H17NOSi/c1-19(2,3)13-9-7-12(8-10-13)14-5-4-6-15-16(14)17-11-18-15/h4-11H,1-3H3. The first-order chi connectivity index (χ1) is 9.05. The molecule has 0 aliphatic heterocycles. The van der Waals surface area contributed by atoms with E-state index in [1.807, 2.05) is 12.1 Å². The third kappa shape index (κ3) is 2.21. The number of para-hydroxylation sites is 1. The normalized spacial score (nSPS) is 11.9. The van der Waals surface area contributed by atoms with Crippen molar-refractivity contribution in [3.63, 3.8) is 0 Å². The molecule has 19 heavy (non-hydrogen) atoms. The van der Waals surface area contributed by atoms with Gasteiger partial charge in [0.05, 0.1) is 8.07 Å². The monoisotopic (exact) mass is 267 g/mol. The lowest BCUT2D eigenvalue weighted by Crippen LogP contribution is -2.37. The molecule has 96 valence electrons. The Balaban J connectivity index is 2.10. The molecule has 0 fully saturated rings. The van der Waals surface area contributed by atoms with E-state index in [0.717, 1.165) is 16.7 Å². The fraction of sp³-hybridized carbons (Fsp3) is 0.188. The number of hydrogen-bond acceptors (Lipinski definition) is 2. The predicted octanol–water partition coefficient (Wildman–Crippen LogP) is 4.04. The number of rotatable bonds is 2. The SMILES string of the molecule is C[Si](C)(C)c1ccc(-c2cccc3ocnc23)cc1. The van der Waals surface area contributed by atoms with E-state index in [4.69, 9.17) is 4.42 Å². The zero-order chi connectivity index (χ0) is 13.5. The second-order valence-corrected chi connectivity index (χ2v) is 10.9. The average Bonchev–Trinajstić information content (AvgIpc) is 2.86. The van der Waals surface area contributed by atoms with Crippen molar-refractivity contribution >= 4 is 24.4 Å². The highest BCUT2D eigenvalue weighted by molar-refractivity contribution is 6.88. The van der Waals surface area contributed by atoms with Crippen LogP contribution in [0.25, 0.3) is 22.2 Å². The zero-order valence-electron chi connectivity index (χ0n) is 11.5. The van der Waals surface area contributed by atoms with Crippen LogP contribution in [-0.4, -0.2) is 13.1 Å². The Morgan fingerprint density at radius 3 is 2.37 bits per heavy atom. The highest BCUT2D eigenvalue weighted by Gasteiger charge is 2.16. The number of oxazole rings is 1. The zero-order valence-corrected chi connectivity index (χ0v) is 12.5. The van der Waals surface area contributed by atoms with Crippen molar-refractivity contribution in [1.82, 2.24) is 4.98 Å². The van der Waals surface area contributed by atoms with Crippen LogP contribution in [0.1, 0.15) is 0 Å². The van der Waals surface area contributed by atoms with E-state index in [1.165, 1.54) is 17.1 Å². The quantitative estimate of drug-likeness (QED) is 0.655. The van der Waals surface area contributed by atoms with Gasteiger partial charge in [0.1, 0.15) is 5.52 Å². The lowest BCUT2D eigenvalue weighted by atomic mass is 10.0. The molecule has 0 N–H and O–H groups in total. The molecule has 3 aromatic rings. The van der Waals surface area contributed by atoms with Crippen molar-refractivity contribution in [2.45, 2.75) is 19.6 Å². The van der Waals surface area contributed by atoms with Crippen LogP contribution < -0.4 is 5.19 Å². The van der Waals surface area contributed by atoms with Crippen LogP contribution in [0, 0.1) is 0 Å². The third-order valence-corrected chi connectivity index (χ3v) is 5.49. The van der Waals surface area contributed by atoms with Gasteiger partial charge in [-0.05, 0) is 11.6 Å². The van der Waals surface area contributed by atoms with E-state index in [-0.39, 0.29) is 0 Å². The summed E-state index contributed by atoms with van der Waals surface area (Å²) >= 11 is 0. The van der Waals surface area contributed by atoms with Crippen molar-refractivity contribution in [1.29, 1.82) is 0 Å². The van der Waals surface area contributed by atoms with Crippen LogP contribution in [0.4, 0.5) is 0 Å². The van der Waals surface area contributed by atoms with Gasteiger partial charge in [0.25, 0.3) is 0 Å². The summed E-state index contributed by atoms with van der Waals surface area (Å²) in [6.07, 6.45) is 1.50. The molecule has 2 nitrogen and oxygen atoms in total. The maximum Gasteiger partial charge on any atom is 0.182 e. The second kappa shape index (κ2) is 4.35. The second-order valence-electron chi connectivity index (χ2n) is 5.83. The van der Waals surface area contributed by atoms with Crippen molar-refractivity contribution in [3.8, 4) is 11.1 Å². The Morgan fingerprint density at radius 2 is 1.68 bits per heavy atom. The van der Waals surface area contributed by atoms with Crippen molar-refractivity contribution in [2.24, 2.45) is 0 Å². The summed E-state index contributed by atoms with van der Waals surface area (Å²) in [6, 6.07) is 14.9. The molecule has 2 aromatic carbocycles. The summed E-state index contributed by atoms with van der Waals surface area (Å²) < 4.78 is 5.35. The molecule has 0 radical (unpaired) electrons. The van der Waals surface area contributed by atoms with Gasteiger partial charge in [-0.2, -0.15) is 0 Å². The maximum absolute atomic E-state index is 5.35. The van der Waals surface area contributed by atoms with Crippen LogP contribution in [0.2, 0.25) is 19.6 Å². The first-order valence-corrected chi connectivity index (χ1v) is 9.99. The Labute approximate surface area is 114 Å². The molecule has 1 aromatic heterocycles. The van der Waals surface area contributed by atoms with Gasteiger partial charge in [-0.3, -0.25) is 0 Å². The Morgan fingerprint density at radius 1 is 0.947 bits per heavy atom. The van der Waals surface area contributed by atoms with E-state index in [0.29, 0.717) is 0 Å². The molecular weight excluding hydrogens is 250 g/mol. The predicted molar refractivity (Wildman–Crippen MR) is 82.4 cm³/mol. The topological polar surface area (TPSA) is 26.0 Å². The molecule has 0 atom stereocenters.